The van der Waals surface area contributed by atoms with Gasteiger partial charge in [0.05, 0.1) is 6.10 Å². The van der Waals surface area contributed by atoms with Crippen LogP contribution in [0.1, 0.15) is 33.6 Å². The summed E-state index contributed by atoms with van der Waals surface area (Å²) < 4.78 is 0. The van der Waals surface area contributed by atoms with Crippen LogP contribution in [0.3, 0.4) is 0 Å². The number of carbonyl (C=O) groups excluding carboxylic acids is 2. The van der Waals surface area contributed by atoms with E-state index in [1.54, 1.807) is 0 Å². The lowest BCUT2D eigenvalue weighted by molar-refractivity contribution is -0.122. The van der Waals surface area contributed by atoms with Gasteiger partial charge in [-0.1, -0.05) is 13.8 Å². The highest BCUT2D eigenvalue weighted by Crippen LogP contribution is 2.03. The molecule has 0 rings (SSSR count). The molecular weight excluding hydrogens is 208 g/mol. The minimum absolute atomic E-state index is 0.146. The molecule has 0 radical (unpaired) electrons. The number of hydrogen-bond acceptors (Lipinski definition) is 3. The summed E-state index contributed by atoms with van der Waals surface area (Å²) >= 11 is 0. The third-order valence-electron chi connectivity index (χ3n) is 2.00. The van der Waals surface area contributed by atoms with Gasteiger partial charge >= 0.3 is 0 Å². The van der Waals surface area contributed by atoms with Crippen LogP contribution in [0.25, 0.3) is 0 Å². The summed E-state index contributed by atoms with van der Waals surface area (Å²) in [7, 11) is 0. The predicted octanol–water partition coefficient (Wildman–Crippen LogP) is 0.0358. The van der Waals surface area contributed by atoms with Crippen LogP contribution in [0.2, 0.25) is 0 Å². The molecule has 0 aromatic heterocycles. The van der Waals surface area contributed by atoms with Crippen molar-refractivity contribution in [2.75, 3.05) is 13.1 Å². The van der Waals surface area contributed by atoms with Crippen molar-refractivity contribution in [2.45, 2.75) is 39.7 Å². The van der Waals surface area contributed by atoms with E-state index in [0.717, 1.165) is 0 Å². The second-order valence-corrected chi connectivity index (χ2v) is 4.32. The van der Waals surface area contributed by atoms with Gasteiger partial charge in [0.2, 0.25) is 11.8 Å². The monoisotopic (exact) mass is 230 g/mol. The zero-order valence-electron chi connectivity index (χ0n) is 10.2. The van der Waals surface area contributed by atoms with Crippen LogP contribution in [-0.2, 0) is 9.59 Å². The lowest BCUT2D eigenvalue weighted by Crippen LogP contribution is -2.35. The SMILES string of the molecule is CC(=O)NCCC(=O)NCC(O)CC(C)C. The van der Waals surface area contributed by atoms with E-state index in [9.17, 15) is 14.7 Å². The first-order chi connectivity index (χ1) is 7.41. The topological polar surface area (TPSA) is 78.4 Å². The number of nitrogens with one attached hydrogen (secondary N) is 2. The van der Waals surface area contributed by atoms with Crippen molar-refractivity contribution in [3.05, 3.63) is 0 Å². The van der Waals surface area contributed by atoms with Crippen molar-refractivity contribution in [1.29, 1.82) is 0 Å². The van der Waals surface area contributed by atoms with Gasteiger partial charge in [-0.2, -0.15) is 0 Å². The van der Waals surface area contributed by atoms with Gasteiger partial charge in [0.25, 0.3) is 0 Å². The number of hydrogen-bond donors (Lipinski definition) is 3. The Balaban J connectivity index is 3.53. The molecule has 2 amide bonds. The fraction of sp³-hybridized carbons (Fsp3) is 0.818. The normalized spacial score (nSPS) is 12.3. The van der Waals surface area contributed by atoms with E-state index in [1.807, 2.05) is 13.8 Å². The van der Waals surface area contributed by atoms with Crippen molar-refractivity contribution in [3.8, 4) is 0 Å². The minimum Gasteiger partial charge on any atom is -0.391 e. The number of carbonyl (C=O) groups is 2. The first kappa shape index (κ1) is 14.9. The molecule has 5 nitrogen and oxygen atoms in total. The van der Waals surface area contributed by atoms with Crippen molar-refractivity contribution >= 4 is 11.8 Å². The Morgan fingerprint density at radius 1 is 1.25 bits per heavy atom. The van der Waals surface area contributed by atoms with Gasteiger partial charge in [0.15, 0.2) is 0 Å². The van der Waals surface area contributed by atoms with Crippen LogP contribution in [0.4, 0.5) is 0 Å². The zero-order valence-corrected chi connectivity index (χ0v) is 10.2. The molecular formula is C11H22N2O3. The summed E-state index contributed by atoms with van der Waals surface area (Å²) in [6.07, 6.45) is 0.421. The highest BCUT2D eigenvalue weighted by molar-refractivity contribution is 5.77. The maximum Gasteiger partial charge on any atom is 0.221 e. The lowest BCUT2D eigenvalue weighted by Gasteiger charge is -2.13. The summed E-state index contributed by atoms with van der Waals surface area (Å²) in [5, 5.41) is 14.7. The van der Waals surface area contributed by atoms with Crippen LogP contribution in [0.15, 0.2) is 0 Å². The number of aliphatic hydroxyl groups is 1. The maximum atomic E-state index is 11.2. The fourth-order valence-corrected chi connectivity index (χ4v) is 1.30. The summed E-state index contributed by atoms with van der Waals surface area (Å²) in [6.45, 7) is 6.05. The van der Waals surface area contributed by atoms with Crippen LogP contribution in [0, 0.1) is 5.92 Å². The number of amides is 2. The van der Waals surface area contributed by atoms with Crippen molar-refractivity contribution in [1.82, 2.24) is 10.6 Å². The molecule has 1 unspecified atom stereocenters. The highest BCUT2D eigenvalue weighted by Gasteiger charge is 2.08. The molecule has 0 fully saturated rings. The van der Waals surface area contributed by atoms with Crippen LogP contribution in [0.5, 0.6) is 0 Å². The van der Waals surface area contributed by atoms with Gasteiger partial charge in [-0.05, 0) is 12.3 Å². The Morgan fingerprint density at radius 3 is 2.38 bits per heavy atom. The van der Waals surface area contributed by atoms with E-state index in [-0.39, 0.29) is 24.8 Å². The zero-order chi connectivity index (χ0) is 12.6. The quantitative estimate of drug-likeness (QED) is 0.577. The molecule has 0 aromatic carbocycles. The van der Waals surface area contributed by atoms with Crippen LogP contribution < -0.4 is 10.6 Å². The number of aliphatic hydroxyl groups excluding tert-OH is 1. The second kappa shape index (κ2) is 8.10. The molecule has 0 heterocycles. The maximum absolute atomic E-state index is 11.2. The molecule has 1 atom stereocenters. The summed E-state index contributed by atoms with van der Waals surface area (Å²) in [4.78, 5) is 21.8. The van der Waals surface area contributed by atoms with Crippen molar-refractivity contribution in [3.63, 3.8) is 0 Å². The number of rotatable bonds is 7. The van der Waals surface area contributed by atoms with E-state index >= 15 is 0 Å². The van der Waals surface area contributed by atoms with Crippen LogP contribution in [-0.4, -0.2) is 36.1 Å². The third-order valence-corrected chi connectivity index (χ3v) is 2.00. The molecule has 0 saturated heterocycles. The lowest BCUT2D eigenvalue weighted by atomic mass is 10.1. The summed E-state index contributed by atoms with van der Waals surface area (Å²) in [5.74, 6) is 0.107. The standard InChI is InChI=1S/C11H22N2O3/c1-8(2)6-10(15)7-13-11(16)4-5-12-9(3)14/h8,10,15H,4-7H2,1-3H3,(H,12,14)(H,13,16). The van der Waals surface area contributed by atoms with Gasteiger partial charge in [-0.15, -0.1) is 0 Å². The molecule has 0 bridgehead atoms. The average Bonchev–Trinajstić information content (AvgIpc) is 2.13. The molecule has 5 heteroatoms. The van der Waals surface area contributed by atoms with E-state index < -0.39 is 6.10 Å². The van der Waals surface area contributed by atoms with Crippen LogP contribution >= 0.6 is 0 Å². The van der Waals surface area contributed by atoms with Gasteiger partial charge in [0.1, 0.15) is 0 Å². The Bertz CT molecular complexity index is 229. The van der Waals surface area contributed by atoms with E-state index in [4.69, 9.17) is 0 Å². The van der Waals surface area contributed by atoms with Gasteiger partial charge in [-0.25, -0.2) is 0 Å². The van der Waals surface area contributed by atoms with Crippen molar-refractivity contribution in [2.24, 2.45) is 5.92 Å². The highest BCUT2D eigenvalue weighted by atomic mass is 16.3. The van der Waals surface area contributed by atoms with Gasteiger partial charge in [-0.3, -0.25) is 9.59 Å². The van der Waals surface area contributed by atoms with E-state index in [1.165, 1.54) is 6.92 Å². The predicted molar refractivity (Wildman–Crippen MR) is 61.8 cm³/mol. The Labute approximate surface area is 96.6 Å². The Kier molecular flexibility index (Phi) is 7.54. The first-order valence-corrected chi connectivity index (χ1v) is 5.61. The molecule has 0 aromatic rings. The third kappa shape index (κ3) is 9.45. The molecule has 0 aliphatic rings. The molecule has 3 N–H and O–H groups in total. The molecule has 94 valence electrons. The molecule has 0 aliphatic heterocycles. The Morgan fingerprint density at radius 2 is 1.88 bits per heavy atom. The Hall–Kier alpha value is -1.10. The molecule has 0 spiro atoms. The smallest absolute Gasteiger partial charge is 0.221 e. The second-order valence-electron chi connectivity index (χ2n) is 4.32. The fourth-order valence-electron chi connectivity index (χ4n) is 1.30. The largest absolute Gasteiger partial charge is 0.391 e. The molecule has 0 saturated carbocycles. The van der Waals surface area contributed by atoms with Gasteiger partial charge < -0.3 is 15.7 Å². The summed E-state index contributed by atoms with van der Waals surface area (Å²) in [5.41, 5.74) is 0. The summed E-state index contributed by atoms with van der Waals surface area (Å²) in [6, 6.07) is 0. The van der Waals surface area contributed by atoms with Gasteiger partial charge in [0, 0.05) is 26.4 Å². The van der Waals surface area contributed by atoms with E-state index in [2.05, 4.69) is 10.6 Å². The molecule has 16 heavy (non-hydrogen) atoms. The minimum atomic E-state index is -0.496. The van der Waals surface area contributed by atoms with Crippen molar-refractivity contribution < 1.29 is 14.7 Å². The molecule has 0 aliphatic carbocycles. The average molecular weight is 230 g/mol. The first-order valence-electron chi connectivity index (χ1n) is 5.61. The van der Waals surface area contributed by atoms with E-state index in [0.29, 0.717) is 18.9 Å².